The van der Waals surface area contributed by atoms with Crippen LogP contribution in [-0.2, 0) is 48.9 Å². The smallest absolute Gasteiger partial charge is 0.410 e. The summed E-state index contributed by atoms with van der Waals surface area (Å²) in [4.78, 5) is 52.5. The summed E-state index contributed by atoms with van der Waals surface area (Å²) in [6.45, 7) is 10.7. The lowest BCUT2D eigenvalue weighted by atomic mass is 10.2. The normalized spacial score (nSPS) is 13.3. The molecular formula is C42H43ClN8O8. The number of aromatic carboxylic acids is 1. The third kappa shape index (κ3) is 9.39. The molecule has 17 heteroatoms. The lowest BCUT2D eigenvalue weighted by Gasteiger charge is -2.27. The molecule has 3 aromatic heterocycles. The summed E-state index contributed by atoms with van der Waals surface area (Å²) in [5, 5.41) is 13.7. The van der Waals surface area contributed by atoms with Crippen molar-refractivity contribution in [3.8, 4) is 28.7 Å². The predicted octanol–water partition coefficient (Wildman–Crippen LogP) is 7.54. The van der Waals surface area contributed by atoms with Gasteiger partial charge in [0.2, 0.25) is 5.82 Å². The number of carbonyl (C=O) groups excluding carboxylic acids is 2. The number of rotatable bonds is 9. The zero-order chi connectivity index (χ0) is 41.6. The first kappa shape index (κ1) is 40.5. The minimum atomic E-state index is -1.05. The van der Waals surface area contributed by atoms with E-state index in [0.717, 1.165) is 22.6 Å². The highest BCUT2D eigenvalue weighted by Crippen LogP contribution is 2.32. The van der Waals surface area contributed by atoms with E-state index in [1.165, 1.54) is 4.90 Å². The van der Waals surface area contributed by atoms with Crippen molar-refractivity contribution >= 4 is 29.8 Å². The third-order valence-corrected chi connectivity index (χ3v) is 10.1. The van der Waals surface area contributed by atoms with Gasteiger partial charge in [-0.3, -0.25) is 9.80 Å². The van der Waals surface area contributed by atoms with E-state index in [1.807, 2.05) is 92.1 Å². The number of halogens is 1. The molecule has 0 spiro atoms. The Morgan fingerprint density at radius 3 is 1.86 bits per heavy atom. The molecule has 0 bridgehead atoms. The van der Waals surface area contributed by atoms with E-state index in [1.54, 1.807) is 24.0 Å². The second kappa shape index (κ2) is 17.9. The van der Waals surface area contributed by atoms with Crippen molar-refractivity contribution in [1.29, 1.82) is 0 Å². The van der Waals surface area contributed by atoms with Gasteiger partial charge >= 0.3 is 18.2 Å². The van der Waals surface area contributed by atoms with Crippen molar-refractivity contribution in [3.63, 3.8) is 0 Å². The van der Waals surface area contributed by atoms with Crippen LogP contribution in [0.25, 0.3) is 23.0 Å². The van der Waals surface area contributed by atoms with E-state index >= 15 is 0 Å². The van der Waals surface area contributed by atoms with Gasteiger partial charge < -0.3 is 33.0 Å². The summed E-state index contributed by atoms with van der Waals surface area (Å²) in [6.07, 6.45) is -0.770. The topological polar surface area (TPSA) is 180 Å². The Balaban J connectivity index is 0.000000198. The first-order chi connectivity index (χ1) is 28.4. The maximum Gasteiger partial charge on any atom is 0.410 e. The number of carboxylic acids is 1. The second-order valence-electron chi connectivity index (χ2n) is 14.2. The number of benzene rings is 3. The van der Waals surface area contributed by atoms with Crippen LogP contribution < -0.4 is 4.74 Å². The average Bonchev–Trinajstić information content (AvgIpc) is 3.96. The summed E-state index contributed by atoms with van der Waals surface area (Å²) >= 11 is 6.37. The van der Waals surface area contributed by atoms with Gasteiger partial charge in [0.1, 0.15) is 36.3 Å². The molecule has 59 heavy (non-hydrogen) atoms. The number of ether oxygens (including phenoxy) is 3. The quantitative estimate of drug-likeness (QED) is 0.152. The molecule has 16 nitrogen and oxygen atoms in total. The highest BCUT2D eigenvalue weighted by atomic mass is 35.5. The van der Waals surface area contributed by atoms with E-state index in [4.69, 9.17) is 40.4 Å². The molecule has 3 aromatic carbocycles. The number of carboxylic acid groups (broad SMARTS) is 1. The van der Waals surface area contributed by atoms with Crippen molar-refractivity contribution in [3.05, 3.63) is 124 Å². The number of nitrogens with zero attached hydrogens (tertiary/aromatic N) is 8. The largest absolute Gasteiger partial charge is 0.489 e. The van der Waals surface area contributed by atoms with Crippen molar-refractivity contribution in [1.82, 2.24) is 39.0 Å². The molecule has 0 unspecified atom stereocenters. The van der Waals surface area contributed by atoms with Crippen molar-refractivity contribution in [2.45, 2.75) is 73.2 Å². The van der Waals surface area contributed by atoms with E-state index in [-0.39, 0.29) is 37.6 Å². The van der Waals surface area contributed by atoms with E-state index < -0.39 is 12.1 Å². The number of carbonyl (C=O) groups is 3. The third-order valence-electron chi connectivity index (χ3n) is 9.76. The number of hydrogen-bond donors (Lipinski definition) is 1. The fourth-order valence-electron chi connectivity index (χ4n) is 6.72. The number of imidazole rings is 2. The molecule has 2 aliphatic rings. The van der Waals surface area contributed by atoms with Crippen LogP contribution >= 0.6 is 11.6 Å². The highest BCUT2D eigenvalue weighted by molar-refractivity contribution is 6.32. The van der Waals surface area contributed by atoms with Crippen LogP contribution in [0.2, 0.25) is 5.02 Å². The number of amides is 2. The Morgan fingerprint density at radius 2 is 1.32 bits per heavy atom. The van der Waals surface area contributed by atoms with Gasteiger partial charge in [-0.1, -0.05) is 77.4 Å². The zero-order valence-electron chi connectivity index (χ0n) is 33.0. The van der Waals surface area contributed by atoms with Crippen molar-refractivity contribution < 1.29 is 38.2 Å². The monoisotopic (exact) mass is 822 g/mol. The highest BCUT2D eigenvalue weighted by Gasteiger charge is 2.29. The number of fused-ring (bicyclic) bond motifs is 2. The van der Waals surface area contributed by atoms with E-state index in [9.17, 15) is 14.4 Å². The fourth-order valence-corrected chi connectivity index (χ4v) is 6.95. The molecule has 0 radical (unpaired) electrons. The van der Waals surface area contributed by atoms with Gasteiger partial charge in [0.25, 0.3) is 5.89 Å². The molecule has 0 fully saturated rings. The Bertz CT molecular complexity index is 2450. The maximum absolute atomic E-state index is 12.6. The molecule has 306 valence electrons. The van der Waals surface area contributed by atoms with Crippen LogP contribution in [0.3, 0.4) is 0 Å². The van der Waals surface area contributed by atoms with Crippen molar-refractivity contribution in [2.75, 3.05) is 13.1 Å². The van der Waals surface area contributed by atoms with Gasteiger partial charge in [-0.15, -0.1) is 0 Å². The molecule has 2 amide bonds. The Kier molecular flexibility index (Phi) is 12.3. The van der Waals surface area contributed by atoms with Gasteiger partial charge in [-0.25, -0.2) is 24.4 Å². The molecule has 1 N–H and O–H groups in total. The maximum atomic E-state index is 12.6. The van der Waals surface area contributed by atoms with Crippen molar-refractivity contribution in [2.24, 2.45) is 0 Å². The second-order valence-corrected chi connectivity index (χ2v) is 14.6. The summed E-state index contributed by atoms with van der Waals surface area (Å²) < 4.78 is 25.9. The van der Waals surface area contributed by atoms with Crippen LogP contribution in [-0.4, -0.2) is 81.5 Å². The molecule has 6 aromatic rings. The minimum absolute atomic E-state index is 0.0155. The van der Waals surface area contributed by atoms with Gasteiger partial charge in [-0.2, -0.15) is 4.98 Å². The van der Waals surface area contributed by atoms with Gasteiger partial charge in [0.05, 0.1) is 24.2 Å². The van der Waals surface area contributed by atoms with Gasteiger partial charge in [0, 0.05) is 43.1 Å². The molecule has 2 aliphatic heterocycles. The lowest BCUT2D eigenvalue weighted by Crippen LogP contribution is -2.38. The molecule has 0 atom stereocenters. The average molecular weight is 823 g/mol. The molecule has 0 saturated heterocycles. The van der Waals surface area contributed by atoms with E-state index in [0.29, 0.717) is 78.0 Å². The van der Waals surface area contributed by atoms with Gasteiger partial charge in [0.15, 0.2) is 5.69 Å². The molecule has 8 rings (SSSR count). The standard InChI is InChI=1S/C26H26ClN5O4.C16H17N3O4/c1-16(2)35-21-10-9-19(13-20(21)27)24-29-25(36-30-24)23-17(3)32-12-11-31(14-22(32)28-23)26(33)34-15-18-7-5-4-6-8-18;1-11-14(15(20)21)17-13-9-18(7-8-19(11)13)16(22)23-10-12-5-3-2-4-6-12/h4-10,13,16H,11-12,14-15H2,1-3H3;2-6H,7-10H2,1H3,(H,20,21). The van der Waals surface area contributed by atoms with Crippen LogP contribution in [0.4, 0.5) is 9.59 Å². The van der Waals surface area contributed by atoms with Crippen LogP contribution in [0, 0.1) is 13.8 Å². The molecule has 0 saturated carbocycles. The molecule has 5 heterocycles. The van der Waals surface area contributed by atoms with Gasteiger partial charge in [-0.05, 0) is 57.0 Å². The van der Waals surface area contributed by atoms with Crippen LogP contribution in [0.15, 0.2) is 83.4 Å². The first-order valence-corrected chi connectivity index (χ1v) is 19.4. The minimum Gasteiger partial charge on any atom is -0.489 e. The predicted molar refractivity (Wildman–Crippen MR) is 214 cm³/mol. The summed E-state index contributed by atoms with van der Waals surface area (Å²) in [6, 6.07) is 24.4. The summed E-state index contributed by atoms with van der Waals surface area (Å²) in [5.74, 6) is 1.57. The first-order valence-electron chi connectivity index (χ1n) is 19.0. The zero-order valence-corrected chi connectivity index (χ0v) is 33.8. The molecular weight excluding hydrogens is 780 g/mol. The molecule has 0 aliphatic carbocycles. The number of aromatic nitrogens is 6. The SMILES string of the molecule is Cc1c(-c2nc(-c3ccc(OC(C)C)c(Cl)c3)no2)nc2n1CCN(C(=O)OCc1ccccc1)C2.Cc1c(C(=O)O)nc2n1CCN(C(=O)OCc1ccccc1)C2. The fraction of sp³-hybridized carbons (Fsp3) is 0.310. The van der Waals surface area contributed by atoms with Crippen LogP contribution in [0.1, 0.15) is 58.5 Å². The lowest BCUT2D eigenvalue weighted by molar-refractivity contribution is 0.0689. The summed E-state index contributed by atoms with van der Waals surface area (Å²) in [5.41, 5.74) is 4.72. The Hall–Kier alpha value is -6.68. The van der Waals surface area contributed by atoms with Crippen LogP contribution in [0.5, 0.6) is 5.75 Å². The number of hydrogen-bond acceptors (Lipinski definition) is 11. The summed E-state index contributed by atoms with van der Waals surface area (Å²) in [7, 11) is 0. The Labute approximate surface area is 344 Å². The van der Waals surface area contributed by atoms with E-state index in [2.05, 4.69) is 19.7 Å². The Morgan fingerprint density at radius 1 is 0.763 bits per heavy atom.